The number of ketones is 5. The third-order valence-corrected chi connectivity index (χ3v) is 9.26. The summed E-state index contributed by atoms with van der Waals surface area (Å²) in [5, 5.41) is 22.7. The molecule has 7 nitrogen and oxygen atoms in total. The van der Waals surface area contributed by atoms with Crippen LogP contribution in [0.3, 0.4) is 0 Å². The maximum absolute atomic E-state index is 14.2. The molecule has 0 amide bonds. The van der Waals surface area contributed by atoms with Crippen LogP contribution in [0.4, 0.5) is 0 Å². The molecule has 2 fully saturated rings. The van der Waals surface area contributed by atoms with Crippen molar-refractivity contribution in [3.05, 3.63) is 34.4 Å². The summed E-state index contributed by atoms with van der Waals surface area (Å²) in [6, 6.07) is 3.17. The predicted octanol–water partition coefficient (Wildman–Crippen LogP) is 3.91. The maximum atomic E-state index is 14.2. The van der Waals surface area contributed by atoms with E-state index in [4.69, 9.17) is 0 Å². The number of aromatic hydroxyl groups is 1. The summed E-state index contributed by atoms with van der Waals surface area (Å²) in [4.78, 5) is 67.8. The minimum atomic E-state index is -2.67. The first-order valence-electron chi connectivity index (χ1n) is 13.0. The summed E-state index contributed by atoms with van der Waals surface area (Å²) in [5.74, 6) is -8.74. The first kappa shape index (κ1) is 27.1. The Morgan fingerprint density at radius 2 is 1.73 bits per heavy atom. The van der Waals surface area contributed by atoms with Crippen LogP contribution >= 0.6 is 0 Å². The lowest BCUT2D eigenvalue weighted by Gasteiger charge is -2.61. The first-order valence-corrected chi connectivity index (χ1v) is 13.0. The minimum Gasteiger partial charge on any atom is -0.507 e. The molecule has 0 saturated heterocycles. The van der Waals surface area contributed by atoms with Crippen molar-refractivity contribution in [2.45, 2.75) is 73.3 Å². The van der Waals surface area contributed by atoms with Crippen LogP contribution in [0.5, 0.6) is 5.75 Å². The quantitative estimate of drug-likeness (QED) is 0.591. The van der Waals surface area contributed by atoms with E-state index in [1.54, 1.807) is 33.8 Å². The van der Waals surface area contributed by atoms with Crippen LogP contribution in [0.2, 0.25) is 0 Å². The van der Waals surface area contributed by atoms with Gasteiger partial charge in [0.15, 0.2) is 28.7 Å². The molecule has 0 aromatic heterocycles. The highest BCUT2D eigenvalue weighted by molar-refractivity contribution is 6.32. The SMILES string of the molecule is CC/C(C)=C/c1ccc(O)c2c1C[C@]1(C)C[C@]3(C)C(C(C)C)C(=O)C(C(C)=O)C(=O)[C@]3(O)C(=O)C1C2=O. The molecule has 3 unspecified atom stereocenters. The zero-order valence-electron chi connectivity index (χ0n) is 22.6. The van der Waals surface area contributed by atoms with Gasteiger partial charge in [0.2, 0.25) is 0 Å². The Bertz CT molecular complexity index is 1290. The summed E-state index contributed by atoms with van der Waals surface area (Å²) in [5.41, 5.74) is -2.70. The second-order valence-corrected chi connectivity index (χ2v) is 12.2. The second-order valence-electron chi connectivity index (χ2n) is 12.2. The number of phenolic OH excluding ortho intramolecular Hbond substituents is 1. The molecule has 2 N–H and O–H groups in total. The molecule has 2 saturated carbocycles. The van der Waals surface area contributed by atoms with Crippen molar-refractivity contribution in [1.29, 1.82) is 0 Å². The van der Waals surface area contributed by atoms with Crippen molar-refractivity contribution in [2.75, 3.05) is 0 Å². The van der Waals surface area contributed by atoms with Crippen LogP contribution in [-0.2, 0) is 25.6 Å². The highest BCUT2D eigenvalue weighted by Crippen LogP contribution is 2.63. The number of phenols is 1. The summed E-state index contributed by atoms with van der Waals surface area (Å²) in [6.45, 7) is 12.0. The number of allylic oxidation sites excluding steroid dienone is 1. The molecule has 0 heterocycles. The summed E-state index contributed by atoms with van der Waals surface area (Å²) < 4.78 is 0. The number of hydrogen-bond acceptors (Lipinski definition) is 7. The van der Waals surface area contributed by atoms with E-state index in [-0.39, 0.29) is 30.1 Å². The van der Waals surface area contributed by atoms with Crippen molar-refractivity contribution in [2.24, 2.45) is 34.5 Å². The summed E-state index contributed by atoms with van der Waals surface area (Å²) in [6.07, 6.45) is 3.05. The Morgan fingerprint density at radius 3 is 2.27 bits per heavy atom. The molecule has 1 aromatic carbocycles. The van der Waals surface area contributed by atoms with Crippen molar-refractivity contribution < 1.29 is 34.2 Å². The molecule has 198 valence electrons. The third-order valence-electron chi connectivity index (χ3n) is 9.26. The van der Waals surface area contributed by atoms with Crippen LogP contribution in [0, 0.1) is 34.5 Å². The fourth-order valence-electron chi connectivity index (χ4n) is 7.66. The van der Waals surface area contributed by atoms with Crippen LogP contribution in [0.1, 0.15) is 82.8 Å². The molecule has 0 radical (unpaired) electrons. The van der Waals surface area contributed by atoms with Crippen molar-refractivity contribution in [3.63, 3.8) is 0 Å². The number of aliphatic hydroxyl groups is 1. The van der Waals surface area contributed by atoms with E-state index >= 15 is 0 Å². The molecule has 4 rings (SSSR count). The van der Waals surface area contributed by atoms with Crippen molar-refractivity contribution in [3.8, 4) is 5.75 Å². The number of carbonyl (C=O) groups excluding carboxylic acids is 5. The van der Waals surface area contributed by atoms with Crippen molar-refractivity contribution >= 4 is 35.0 Å². The molecule has 7 heteroatoms. The number of rotatable bonds is 4. The number of carbonyl (C=O) groups is 5. The lowest BCUT2D eigenvalue weighted by molar-refractivity contribution is -0.205. The Balaban J connectivity index is 1.99. The second kappa shape index (κ2) is 8.55. The van der Waals surface area contributed by atoms with E-state index in [2.05, 4.69) is 0 Å². The van der Waals surface area contributed by atoms with Gasteiger partial charge in [-0.2, -0.15) is 0 Å². The Kier molecular flexibility index (Phi) is 6.27. The molecule has 0 bridgehead atoms. The zero-order chi connectivity index (χ0) is 27.8. The van der Waals surface area contributed by atoms with Gasteiger partial charge >= 0.3 is 0 Å². The van der Waals surface area contributed by atoms with Gasteiger partial charge < -0.3 is 10.2 Å². The van der Waals surface area contributed by atoms with Crippen LogP contribution in [0.15, 0.2) is 17.7 Å². The zero-order valence-corrected chi connectivity index (χ0v) is 22.6. The highest BCUT2D eigenvalue weighted by atomic mass is 16.3. The van der Waals surface area contributed by atoms with Crippen molar-refractivity contribution in [1.82, 2.24) is 0 Å². The maximum Gasteiger partial charge on any atom is 0.190 e. The average Bonchev–Trinajstić information content (AvgIpc) is 2.77. The van der Waals surface area contributed by atoms with Gasteiger partial charge in [0, 0.05) is 11.3 Å². The molecule has 0 spiro atoms. The lowest BCUT2D eigenvalue weighted by atomic mass is 9.40. The van der Waals surface area contributed by atoms with E-state index in [0.717, 1.165) is 24.5 Å². The summed E-state index contributed by atoms with van der Waals surface area (Å²) >= 11 is 0. The van der Waals surface area contributed by atoms with Gasteiger partial charge in [0.1, 0.15) is 17.5 Å². The number of hydrogen-bond donors (Lipinski definition) is 2. The van der Waals surface area contributed by atoms with Gasteiger partial charge in [-0.15, -0.1) is 0 Å². The first-order chi connectivity index (χ1) is 17.1. The third kappa shape index (κ3) is 3.46. The minimum absolute atomic E-state index is 0.0311. The lowest BCUT2D eigenvalue weighted by Crippen LogP contribution is -2.76. The number of fused-ring (bicyclic) bond motifs is 3. The highest BCUT2D eigenvalue weighted by Gasteiger charge is 2.76. The monoisotopic (exact) mass is 508 g/mol. The summed E-state index contributed by atoms with van der Waals surface area (Å²) in [7, 11) is 0. The van der Waals surface area contributed by atoms with Crippen LogP contribution < -0.4 is 0 Å². The van der Waals surface area contributed by atoms with E-state index < -0.39 is 63.1 Å². The topological polar surface area (TPSA) is 126 Å². The molecule has 6 atom stereocenters. The number of Topliss-reactive ketones (excluding diaryl/α,β-unsaturated/α-hetero) is 5. The van der Waals surface area contributed by atoms with E-state index in [9.17, 15) is 34.2 Å². The van der Waals surface area contributed by atoms with Gasteiger partial charge in [-0.3, -0.25) is 24.0 Å². The largest absolute Gasteiger partial charge is 0.507 e. The predicted molar refractivity (Wildman–Crippen MR) is 137 cm³/mol. The fraction of sp³-hybridized carbons (Fsp3) is 0.567. The van der Waals surface area contributed by atoms with Gasteiger partial charge in [0.25, 0.3) is 0 Å². The van der Waals surface area contributed by atoms with Gasteiger partial charge in [-0.25, -0.2) is 0 Å². The van der Waals surface area contributed by atoms with Crippen LogP contribution in [-0.4, -0.2) is 44.7 Å². The normalized spacial score (nSPS) is 35.8. The van der Waals surface area contributed by atoms with Gasteiger partial charge in [0.05, 0.1) is 11.5 Å². The molecular formula is C30H36O7. The molecule has 0 aliphatic heterocycles. The smallest absolute Gasteiger partial charge is 0.190 e. The van der Waals surface area contributed by atoms with E-state index in [0.29, 0.717) is 5.56 Å². The molecule has 3 aliphatic rings. The molecule has 3 aliphatic carbocycles. The number of benzene rings is 1. The Morgan fingerprint density at radius 1 is 1.11 bits per heavy atom. The Hall–Kier alpha value is -2.93. The van der Waals surface area contributed by atoms with Gasteiger partial charge in [-0.05, 0) is 61.6 Å². The standard InChI is InChI=1S/C30H36O7/c1-8-15(4)11-17-9-10-19(32)21-18(17)12-28(6)13-29(7)22(14(2)3)24(33)20(16(5)31)26(35)30(29,37)27(36)23(28)25(21)34/h9-11,14,20,22-23,32,37H,8,12-13H2,1-7H3/b15-11+/t20?,22?,23?,28-,29-,30+/m1/s1. The van der Waals surface area contributed by atoms with E-state index in [1.807, 2.05) is 19.9 Å². The molecule has 1 aromatic rings. The fourth-order valence-corrected chi connectivity index (χ4v) is 7.66. The molecule has 37 heavy (non-hydrogen) atoms. The average molecular weight is 509 g/mol. The van der Waals surface area contributed by atoms with E-state index in [1.165, 1.54) is 6.07 Å². The Labute approximate surface area is 217 Å². The van der Waals surface area contributed by atoms with Gasteiger partial charge in [-0.1, -0.05) is 52.3 Å². The molecular weight excluding hydrogens is 472 g/mol. The van der Waals surface area contributed by atoms with Crippen LogP contribution in [0.25, 0.3) is 6.08 Å².